The number of thiocarbonyl (C=S) groups is 1. The number of rotatable bonds is 3. The van der Waals surface area contributed by atoms with Gasteiger partial charge in [-0.3, -0.25) is 10.1 Å². The molecule has 0 unspecified atom stereocenters. The minimum Gasteiger partial charge on any atom is -0.435 e. The van der Waals surface area contributed by atoms with Crippen LogP contribution in [-0.4, -0.2) is 16.0 Å². The number of fused-ring (bicyclic) bond motifs is 2. The second-order valence-electron chi connectivity index (χ2n) is 7.38. The highest BCUT2D eigenvalue weighted by Crippen LogP contribution is 2.32. The molecule has 168 valence electrons. The van der Waals surface area contributed by atoms with E-state index in [0.717, 1.165) is 10.8 Å². The Hall–Kier alpha value is -3.16. The lowest BCUT2D eigenvalue weighted by atomic mass is 10.0. The highest BCUT2D eigenvalue weighted by molar-refractivity contribution is 7.80. The molecule has 0 spiro atoms. The number of oxazole rings is 1. The zero-order chi connectivity index (χ0) is 23.8. The molecule has 9 heteroatoms. The second-order valence-corrected chi connectivity index (χ2v) is 9.04. The molecule has 0 saturated heterocycles. The van der Waals surface area contributed by atoms with Crippen LogP contribution in [0.5, 0.6) is 0 Å². The average molecular weight is 527 g/mol. The number of nitrogens with zero attached hydrogens (tertiary/aromatic N) is 1. The predicted octanol–water partition coefficient (Wildman–Crippen LogP) is 7.74. The molecule has 0 aliphatic carbocycles. The molecule has 4 aromatic carbocycles. The maximum absolute atomic E-state index is 12.9. The Labute approximate surface area is 214 Å². The van der Waals surface area contributed by atoms with Gasteiger partial charge < -0.3 is 9.73 Å². The molecule has 5 rings (SSSR count). The van der Waals surface area contributed by atoms with E-state index in [1.165, 1.54) is 0 Å². The van der Waals surface area contributed by atoms with Crippen molar-refractivity contribution < 1.29 is 9.21 Å². The quantitative estimate of drug-likeness (QED) is 0.235. The first-order valence-corrected chi connectivity index (χ1v) is 11.6. The van der Waals surface area contributed by atoms with Gasteiger partial charge in [-0.1, -0.05) is 65.1 Å². The number of benzene rings is 4. The van der Waals surface area contributed by atoms with Gasteiger partial charge in [-0.25, -0.2) is 4.98 Å². The summed E-state index contributed by atoms with van der Waals surface area (Å²) in [6, 6.07) is 21.4. The van der Waals surface area contributed by atoms with Gasteiger partial charge in [0.15, 0.2) is 10.7 Å². The first-order valence-electron chi connectivity index (χ1n) is 10.0. The topological polar surface area (TPSA) is 67.2 Å². The van der Waals surface area contributed by atoms with Crippen LogP contribution in [0.2, 0.25) is 15.1 Å². The van der Waals surface area contributed by atoms with E-state index in [2.05, 4.69) is 15.6 Å². The van der Waals surface area contributed by atoms with Crippen molar-refractivity contribution >= 4 is 85.6 Å². The third-order valence-electron chi connectivity index (χ3n) is 5.12. The smallest absolute Gasteiger partial charge is 0.258 e. The van der Waals surface area contributed by atoms with Crippen molar-refractivity contribution in [1.29, 1.82) is 0 Å². The Morgan fingerprint density at radius 1 is 0.882 bits per heavy atom. The summed E-state index contributed by atoms with van der Waals surface area (Å²) in [4.78, 5) is 17.4. The zero-order valence-corrected chi connectivity index (χ0v) is 20.3. The highest BCUT2D eigenvalue weighted by Gasteiger charge is 2.15. The monoisotopic (exact) mass is 525 g/mol. The van der Waals surface area contributed by atoms with Crippen molar-refractivity contribution in [3.63, 3.8) is 0 Å². The van der Waals surface area contributed by atoms with Crippen LogP contribution in [0.25, 0.3) is 33.3 Å². The normalized spacial score (nSPS) is 11.0. The molecule has 1 aromatic heterocycles. The number of carbonyl (C=O) groups excluding carboxylic acids is 1. The van der Waals surface area contributed by atoms with E-state index < -0.39 is 0 Å². The van der Waals surface area contributed by atoms with Crippen molar-refractivity contribution in [2.75, 3.05) is 5.32 Å². The van der Waals surface area contributed by atoms with Crippen molar-refractivity contribution in [2.24, 2.45) is 0 Å². The number of hydrogen-bond donors (Lipinski definition) is 2. The van der Waals surface area contributed by atoms with Crippen LogP contribution in [0.4, 0.5) is 5.69 Å². The van der Waals surface area contributed by atoms with Crippen molar-refractivity contribution in [3.05, 3.63) is 93.4 Å². The Kier molecular flexibility index (Phi) is 6.15. The summed E-state index contributed by atoms with van der Waals surface area (Å²) in [7, 11) is 0. The maximum Gasteiger partial charge on any atom is 0.258 e. The fourth-order valence-corrected chi connectivity index (χ4v) is 4.58. The van der Waals surface area contributed by atoms with E-state index in [1.54, 1.807) is 42.5 Å². The molecule has 34 heavy (non-hydrogen) atoms. The van der Waals surface area contributed by atoms with Crippen LogP contribution in [0, 0.1) is 0 Å². The number of anilines is 1. The van der Waals surface area contributed by atoms with E-state index in [-0.39, 0.29) is 11.0 Å². The highest BCUT2D eigenvalue weighted by atomic mass is 35.5. The summed E-state index contributed by atoms with van der Waals surface area (Å²) in [6.07, 6.45) is 0. The molecule has 1 amide bonds. The Balaban J connectivity index is 1.35. The van der Waals surface area contributed by atoms with E-state index in [9.17, 15) is 4.79 Å². The van der Waals surface area contributed by atoms with Gasteiger partial charge in [-0.2, -0.15) is 0 Å². The lowest BCUT2D eigenvalue weighted by Crippen LogP contribution is -2.34. The van der Waals surface area contributed by atoms with Crippen LogP contribution in [0.3, 0.4) is 0 Å². The predicted molar refractivity (Wildman–Crippen MR) is 142 cm³/mol. The summed E-state index contributed by atoms with van der Waals surface area (Å²) >= 11 is 23.9. The molecule has 0 aliphatic rings. The van der Waals surface area contributed by atoms with Gasteiger partial charge in [0.1, 0.15) is 5.52 Å². The van der Waals surface area contributed by atoms with Gasteiger partial charge in [-0.05, 0) is 60.1 Å². The van der Waals surface area contributed by atoms with E-state index in [1.807, 2.05) is 30.3 Å². The number of halogens is 3. The molecule has 2 N–H and O–H groups in total. The van der Waals surface area contributed by atoms with Crippen molar-refractivity contribution in [2.45, 2.75) is 0 Å². The molecule has 0 atom stereocenters. The number of nitrogens with one attached hydrogen (secondary N) is 2. The minimum absolute atomic E-state index is 0.147. The van der Waals surface area contributed by atoms with Crippen LogP contribution in [-0.2, 0) is 0 Å². The van der Waals surface area contributed by atoms with Gasteiger partial charge in [0.05, 0.1) is 5.02 Å². The van der Waals surface area contributed by atoms with Crippen LogP contribution >= 0.6 is 47.0 Å². The number of amides is 1. The Morgan fingerprint density at radius 3 is 2.50 bits per heavy atom. The van der Waals surface area contributed by atoms with Crippen LogP contribution in [0.1, 0.15) is 10.4 Å². The molecule has 0 fully saturated rings. The summed E-state index contributed by atoms with van der Waals surface area (Å²) in [6.45, 7) is 0. The molecule has 0 aliphatic heterocycles. The maximum atomic E-state index is 12.9. The Morgan fingerprint density at radius 2 is 1.65 bits per heavy atom. The lowest BCUT2D eigenvalue weighted by molar-refractivity contribution is 0.0979. The molecule has 5 nitrogen and oxygen atoms in total. The van der Waals surface area contributed by atoms with E-state index in [4.69, 9.17) is 51.4 Å². The molecule has 0 radical (unpaired) electrons. The van der Waals surface area contributed by atoms with Gasteiger partial charge in [-0.15, -0.1) is 0 Å². The first-order chi connectivity index (χ1) is 16.4. The molecule has 0 bridgehead atoms. The van der Waals surface area contributed by atoms with Crippen LogP contribution in [0.15, 0.2) is 77.2 Å². The number of hydrogen-bond acceptors (Lipinski definition) is 4. The van der Waals surface area contributed by atoms with Crippen molar-refractivity contribution in [1.82, 2.24) is 10.3 Å². The standard InChI is InChI=1S/C25H14Cl3N3O2S/c26-14-11-20(28)22-21(12-14)30-24(33-22)13-4-1-5-15(10-13)29-25(34)31-23(32)18-8-2-7-17-16(18)6-3-9-19(17)27/h1-12H,(H2,29,31,32,34). The summed E-state index contributed by atoms with van der Waals surface area (Å²) in [5.74, 6) is 0.0393. The second kappa shape index (κ2) is 9.24. The summed E-state index contributed by atoms with van der Waals surface area (Å²) in [5, 5.41) is 8.86. The number of aromatic nitrogens is 1. The molecule has 5 aromatic rings. The Bertz CT molecular complexity index is 1600. The first kappa shape index (κ1) is 22.6. The third kappa shape index (κ3) is 4.45. The van der Waals surface area contributed by atoms with Crippen LogP contribution < -0.4 is 10.6 Å². The molecule has 0 saturated carbocycles. The summed E-state index contributed by atoms with van der Waals surface area (Å²) in [5.41, 5.74) is 2.84. The van der Waals surface area contributed by atoms with Gasteiger partial charge in [0, 0.05) is 32.2 Å². The molecular weight excluding hydrogens is 513 g/mol. The number of carbonyl (C=O) groups is 1. The summed E-state index contributed by atoms with van der Waals surface area (Å²) < 4.78 is 5.83. The third-order valence-corrected chi connectivity index (χ3v) is 6.15. The SMILES string of the molecule is O=C(NC(=S)Nc1cccc(-c2nc3cc(Cl)cc(Cl)c3o2)c1)c1cccc2c(Cl)cccc12. The van der Waals surface area contributed by atoms with Gasteiger partial charge in [0.2, 0.25) is 5.89 Å². The van der Waals surface area contributed by atoms with Crippen molar-refractivity contribution in [3.8, 4) is 11.5 Å². The fourth-order valence-electron chi connectivity index (χ4n) is 3.62. The molecule has 1 heterocycles. The van der Waals surface area contributed by atoms with Gasteiger partial charge in [0.25, 0.3) is 5.91 Å². The zero-order valence-electron chi connectivity index (χ0n) is 17.2. The van der Waals surface area contributed by atoms with Gasteiger partial charge >= 0.3 is 0 Å². The van der Waals surface area contributed by atoms with E-state index >= 15 is 0 Å². The lowest BCUT2D eigenvalue weighted by Gasteiger charge is -2.12. The molecular formula is C25H14Cl3N3O2S. The minimum atomic E-state index is -0.341. The fraction of sp³-hybridized carbons (Fsp3) is 0. The average Bonchev–Trinajstić information content (AvgIpc) is 3.24. The largest absolute Gasteiger partial charge is 0.435 e. The van der Waals surface area contributed by atoms with E-state index in [0.29, 0.717) is 48.9 Å².